The van der Waals surface area contributed by atoms with Gasteiger partial charge in [0, 0.05) is 11.0 Å². The van der Waals surface area contributed by atoms with Gasteiger partial charge in [0.1, 0.15) is 5.75 Å². The summed E-state index contributed by atoms with van der Waals surface area (Å²) in [6.07, 6.45) is 0.330. The first-order chi connectivity index (χ1) is 9.58. The Morgan fingerprint density at radius 2 is 2.00 bits per heavy atom. The normalized spacial score (nSPS) is 10.1. The molecule has 1 rings (SSSR count). The van der Waals surface area contributed by atoms with Crippen molar-refractivity contribution in [2.24, 2.45) is 0 Å². The number of nitrogens with one attached hydrogen (secondary N) is 1. The van der Waals surface area contributed by atoms with Crippen LogP contribution in [-0.4, -0.2) is 32.3 Å². The van der Waals surface area contributed by atoms with E-state index in [1.165, 1.54) is 0 Å². The molecule has 0 aliphatic rings. The Balaban J connectivity index is 2.05. The number of carbonyl (C=O) groups excluding carboxylic acids is 1. The van der Waals surface area contributed by atoms with Gasteiger partial charge in [0.05, 0.1) is 26.2 Å². The molecule has 0 radical (unpaired) electrons. The highest BCUT2D eigenvalue weighted by atomic mass is 79.9. The second kappa shape index (κ2) is 9.55. The molecule has 0 spiro atoms. The van der Waals surface area contributed by atoms with Crippen LogP contribution in [0.1, 0.15) is 13.3 Å². The molecule has 1 aromatic carbocycles. The number of hydrogen-bond acceptors (Lipinski definition) is 3. The lowest BCUT2D eigenvalue weighted by Gasteiger charge is -2.08. The van der Waals surface area contributed by atoms with Crippen molar-refractivity contribution in [3.63, 3.8) is 0 Å². The quantitative estimate of drug-likeness (QED) is 0.554. The first-order valence-electron chi connectivity index (χ1n) is 6.45. The van der Waals surface area contributed by atoms with Crippen LogP contribution in [0.2, 0.25) is 0 Å². The molecule has 0 atom stereocenters. The van der Waals surface area contributed by atoms with Crippen LogP contribution in [0.5, 0.6) is 5.75 Å². The fourth-order valence-corrected chi connectivity index (χ4v) is 1.65. The molecule has 1 N–H and O–H groups in total. The van der Waals surface area contributed by atoms with Gasteiger partial charge in [-0.3, -0.25) is 4.79 Å². The molecule has 20 heavy (non-hydrogen) atoms. The number of hydrogen-bond donors (Lipinski definition) is 1. The molecule has 0 aliphatic carbocycles. The first-order valence-corrected chi connectivity index (χ1v) is 7.24. The Morgan fingerprint density at radius 1 is 1.30 bits per heavy atom. The summed E-state index contributed by atoms with van der Waals surface area (Å²) in [5.41, 5.74) is 0.972. The molecule has 0 saturated heterocycles. The Morgan fingerprint density at radius 3 is 2.65 bits per heavy atom. The Bertz CT molecular complexity index is 431. The van der Waals surface area contributed by atoms with Crippen molar-refractivity contribution in [1.29, 1.82) is 0 Å². The van der Waals surface area contributed by atoms with Crippen LogP contribution in [-0.2, 0) is 9.53 Å². The van der Waals surface area contributed by atoms with Crippen molar-refractivity contribution in [3.05, 3.63) is 40.9 Å². The zero-order chi connectivity index (χ0) is 14.8. The van der Waals surface area contributed by atoms with Crippen LogP contribution in [0.25, 0.3) is 0 Å². The number of carbonyl (C=O) groups is 1. The van der Waals surface area contributed by atoms with Crippen LogP contribution in [0.15, 0.2) is 40.9 Å². The summed E-state index contributed by atoms with van der Waals surface area (Å²) in [4.78, 5) is 11.5. The minimum Gasteiger partial charge on any atom is -0.493 e. The van der Waals surface area contributed by atoms with E-state index in [2.05, 4.69) is 27.8 Å². The predicted octanol–water partition coefficient (Wildman–Crippen LogP) is 2.93. The molecule has 0 heterocycles. The standard InChI is InChI=1S/C15H20BrNO3/c1-12(2)11-19-10-8-17-15(18)7-9-20-14-5-3-13(16)4-6-14/h3-6H,1,7-11H2,2H3,(H,17,18). The second-order valence-corrected chi connectivity index (χ2v) is 5.33. The maximum absolute atomic E-state index is 11.5. The summed E-state index contributed by atoms with van der Waals surface area (Å²) >= 11 is 3.35. The zero-order valence-corrected chi connectivity index (χ0v) is 13.2. The van der Waals surface area contributed by atoms with E-state index in [0.717, 1.165) is 15.8 Å². The number of halogens is 1. The summed E-state index contributed by atoms with van der Waals surface area (Å²) in [6, 6.07) is 7.50. The highest BCUT2D eigenvalue weighted by Crippen LogP contribution is 2.15. The molecule has 1 aromatic rings. The molecule has 0 aliphatic heterocycles. The van der Waals surface area contributed by atoms with Crippen LogP contribution in [0, 0.1) is 0 Å². The number of ether oxygens (including phenoxy) is 2. The maximum Gasteiger partial charge on any atom is 0.223 e. The van der Waals surface area contributed by atoms with Crippen molar-refractivity contribution in [3.8, 4) is 5.75 Å². The predicted molar refractivity (Wildman–Crippen MR) is 82.9 cm³/mol. The largest absolute Gasteiger partial charge is 0.493 e. The average molecular weight is 342 g/mol. The third-order valence-corrected chi connectivity index (χ3v) is 2.86. The fraction of sp³-hybridized carbons (Fsp3) is 0.400. The van der Waals surface area contributed by atoms with Crippen molar-refractivity contribution < 1.29 is 14.3 Å². The van der Waals surface area contributed by atoms with Crippen LogP contribution in [0.4, 0.5) is 0 Å². The van der Waals surface area contributed by atoms with Gasteiger partial charge in [-0.05, 0) is 31.2 Å². The minimum absolute atomic E-state index is 0.0407. The Labute approximate surface area is 128 Å². The van der Waals surface area contributed by atoms with Gasteiger partial charge in [-0.2, -0.15) is 0 Å². The molecule has 0 unspecified atom stereocenters. The van der Waals surface area contributed by atoms with Gasteiger partial charge in [0.25, 0.3) is 0 Å². The van der Waals surface area contributed by atoms with E-state index in [1.54, 1.807) is 0 Å². The highest BCUT2D eigenvalue weighted by Gasteiger charge is 2.01. The van der Waals surface area contributed by atoms with E-state index in [4.69, 9.17) is 9.47 Å². The van der Waals surface area contributed by atoms with Crippen molar-refractivity contribution >= 4 is 21.8 Å². The first kappa shape index (κ1) is 16.7. The van der Waals surface area contributed by atoms with Crippen LogP contribution in [0.3, 0.4) is 0 Å². The zero-order valence-electron chi connectivity index (χ0n) is 11.7. The smallest absolute Gasteiger partial charge is 0.223 e. The van der Waals surface area contributed by atoms with Crippen molar-refractivity contribution in [2.75, 3.05) is 26.4 Å². The summed E-state index contributed by atoms with van der Waals surface area (Å²) in [5.74, 6) is 0.715. The third-order valence-electron chi connectivity index (χ3n) is 2.33. The number of amides is 1. The van der Waals surface area contributed by atoms with Crippen LogP contribution < -0.4 is 10.1 Å². The number of benzene rings is 1. The van der Waals surface area contributed by atoms with Gasteiger partial charge in [0.2, 0.25) is 5.91 Å². The fourth-order valence-electron chi connectivity index (χ4n) is 1.39. The summed E-state index contributed by atoms with van der Waals surface area (Å²) < 4.78 is 11.7. The van der Waals surface area contributed by atoms with E-state index in [-0.39, 0.29) is 5.91 Å². The van der Waals surface area contributed by atoms with E-state index in [1.807, 2.05) is 31.2 Å². The molecule has 0 aromatic heterocycles. The molecule has 110 valence electrons. The molecule has 4 nitrogen and oxygen atoms in total. The minimum atomic E-state index is -0.0407. The summed E-state index contributed by atoms with van der Waals surface area (Å²) in [7, 11) is 0. The van der Waals surface area contributed by atoms with E-state index >= 15 is 0 Å². The monoisotopic (exact) mass is 341 g/mol. The topological polar surface area (TPSA) is 47.6 Å². The summed E-state index contributed by atoms with van der Waals surface area (Å²) in [5, 5.41) is 2.77. The van der Waals surface area contributed by atoms with E-state index < -0.39 is 0 Å². The van der Waals surface area contributed by atoms with Gasteiger partial charge in [-0.25, -0.2) is 0 Å². The van der Waals surface area contributed by atoms with E-state index in [0.29, 0.717) is 32.8 Å². The lowest BCUT2D eigenvalue weighted by atomic mass is 10.3. The van der Waals surface area contributed by atoms with Crippen LogP contribution >= 0.6 is 15.9 Å². The van der Waals surface area contributed by atoms with Gasteiger partial charge in [-0.15, -0.1) is 0 Å². The molecule has 0 bridgehead atoms. The second-order valence-electron chi connectivity index (χ2n) is 4.41. The van der Waals surface area contributed by atoms with Gasteiger partial charge >= 0.3 is 0 Å². The molecule has 5 heteroatoms. The molecule has 1 amide bonds. The van der Waals surface area contributed by atoms with E-state index in [9.17, 15) is 4.79 Å². The molecule has 0 fully saturated rings. The average Bonchev–Trinajstić information content (AvgIpc) is 2.40. The molecule has 0 saturated carbocycles. The van der Waals surface area contributed by atoms with Gasteiger partial charge in [-0.1, -0.05) is 28.1 Å². The Kier molecular flexibility index (Phi) is 7.99. The molecular formula is C15H20BrNO3. The lowest BCUT2D eigenvalue weighted by molar-refractivity contribution is -0.121. The maximum atomic E-state index is 11.5. The highest BCUT2D eigenvalue weighted by molar-refractivity contribution is 9.10. The van der Waals surface area contributed by atoms with Gasteiger partial charge in [0.15, 0.2) is 0 Å². The SMILES string of the molecule is C=C(C)COCCNC(=O)CCOc1ccc(Br)cc1. The van der Waals surface area contributed by atoms with Crippen molar-refractivity contribution in [1.82, 2.24) is 5.32 Å². The molecular weight excluding hydrogens is 322 g/mol. The lowest BCUT2D eigenvalue weighted by Crippen LogP contribution is -2.28. The Hall–Kier alpha value is -1.33. The number of rotatable bonds is 9. The van der Waals surface area contributed by atoms with Crippen molar-refractivity contribution in [2.45, 2.75) is 13.3 Å². The summed E-state index contributed by atoms with van der Waals surface area (Å²) in [6.45, 7) is 7.52. The third kappa shape index (κ3) is 7.96. The van der Waals surface area contributed by atoms with Gasteiger partial charge < -0.3 is 14.8 Å².